The van der Waals surface area contributed by atoms with Crippen LogP contribution in [-0.2, 0) is 0 Å². The third kappa shape index (κ3) is 2.84. The Kier molecular flexibility index (Phi) is 3.21. The van der Waals surface area contributed by atoms with Crippen molar-refractivity contribution < 1.29 is 13.2 Å². The predicted octanol–water partition coefficient (Wildman–Crippen LogP) is 1.77. The second-order valence-electron chi connectivity index (χ2n) is 4.50. The first kappa shape index (κ1) is 11.2. The molecule has 1 heterocycles. The zero-order valence-electron chi connectivity index (χ0n) is 8.69. The Bertz CT molecular complexity index is 215. The number of hydrogen-bond acceptors (Lipinski definition) is 2. The zero-order chi connectivity index (χ0) is 10.9. The fraction of sp³-hybridized carbons (Fsp3) is 1.00. The Hall–Kier alpha value is -0.290. The van der Waals surface area contributed by atoms with Gasteiger partial charge in [0.25, 0.3) is 0 Å². The summed E-state index contributed by atoms with van der Waals surface area (Å²) >= 11 is 0. The molecule has 1 saturated carbocycles. The van der Waals surface area contributed by atoms with E-state index in [2.05, 4.69) is 5.32 Å². The monoisotopic (exact) mass is 222 g/mol. The van der Waals surface area contributed by atoms with Gasteiger partial charge in [-0.05, 0) is 12.8 Å². The molecule has 1 N–H and O–H groups in total. The van der Waals surface area contributed by atoms with E-state index in [4.69, 9.17) is 0 Å². The molecule has 0 bridgehead atoms. The van der Waals surface area contributed by atoms with Crippen molar-refractivity contribution in [3.05, 3.63) is 0 Å². The number of rotatable bonds is 1. The molecule has 5 heteroatoms. The first-order chi connectivity index (χ1) is 7.06. The van der Waals surface area contributed by atoms with Gasteiger partial charge < -0.3 is 5.32 Å². The molecule has 1 saturated heterocycles. The van der Waals surface area contributed by atoms with Gasteiger partial charge in [0.1, 0.15) is 0 Å². The van der Waals surface area contributed by atoms with Gasteiger partial charge in [-0.25, -0.2) is 0 Å². The first-order valence-electron chi connectivity index (χ1n) is 5.60. The first-order valence-corrected chi connectivity index (χ1v) is 5.60. The van der Waals surface area contributed by atoms with Crippen molar-refractivity contribution in [2.75, 3.05) is 19.6 Å². The number of halogens is 3. The van der Waals surface area contributed by atoms with E-state index in [9.17, 15) is 13.2 Å². The van der Waals surface area contributed by atoms with Crippen molar-refractivity contribution in [2.24, 2.45) is 0 Å². The van der Waals surface area contributed by atoms with Gasteiger partial charge in [0, 0.05) is 25.2 Å². The van der Waals surface area contributed by atoms with Crippen molar-refractivity contribution in [2.45, 2.75) is 43.9 Å². The summed E-state index contributed by atoms with van der Waals surface area (Å²) in [6, 6.07) is 0.393. The Morgan fingerprint density at radius 3 is 2.67 bits per heavy atom. The van der Waals surface area contributed by atoms with Crippen LogP contribution >= 0.6 is 0 Å². The molecule has 2 nitrogen and oxygen atoms in total. The molecule has 2 aliphatic rings. The molecule has 0 radical (unpaired) electrons. The fourth-order valence-electron chi connectivity index (χ4n) is 2.77. The SMILES string of the molecule is FC(F)(F)CN1CCNC2CCCCC21. The summed E-state index contributed by atoms with van der Waals surface area (Å²) in [4.78, 5) is 1.61. The van der Waals surface area contributed by atoms with Crippen molar-refractivity contribution in [1.82, 2.24) is 10.2 Å². The molecule has 2 fully saturated rings. The highest BCUT2D eigenvalue weighted by atomic mass is 19.4. The van der Waals surface area contributed by atoms with E-state index in [0.717, 1.165) is 25.7 Å². The van der Waals surface area contributed by atoms with E-state index >= 15 is 0 Å². The van der Waals surface area contributed by atoms with Crippen LogP contribution < -0.4 is 5.32 Å². The quantitative estimate of drug-likeness (QED) is 0.727. The van der Waals surface area contributed by atoms with Crippen LogP contribution in [0.4, 0.5) is 13.2 Å². The lowest BCUT2D eigenvalue weighted by molar-refractivity contribution is -0.156. The van der Waals surface area contributed by atoms with Gasteiger partial charge in [0.05, 0.1) is 6.54 Å². The largest absolute Gasteiger partial charge is 0.401 e. The van der Waals surface area contributed by atoms with Crippen molar-refractivity contribution in [1.29, 1.82) is 0 Å². The molecule has 2 rings (SSSR count). The predicted molar refractivity (Wildman–Crippen MR) is 51.7 cm³/mol. The minimum Gasteiger partial charge on any atom is -0.311 e. The third-order valence-corrected chi connectivity index (χ3v) is 3.39. The zero-order valence-corrected chi connectivity index (χ0v) is 8.69. The molecule has 2 unspecified atom stereocenters. The van der Waals surface area contributed by atoms with Crippen LogP contribution in [0, 0.1) is 0 Å². The van der Waals surface area contributed by atoms with Crippen LogP contribution in [0.1, 0.15) is 25.7 Å². The van der Waals surface area contributed by atoms with Crippen molar-refractivity contribution in [3.8, 4) is 0 Å². The van der Waals surface area contributed by atoms with Gasteiger partial charge in [0.2, 0.25) is 0 Å². The van der Waals surface area contributed by atoms with Gasteiger partial charge in [-0.1, -0.05) is 12.8 Å². The molecule has 0 aromatic carbocycles. The molecular weight excluding hydrogens is 205 g/mol. The lowest BCUT2D eigenvalue weighted by Gasteiger charge is -2.44. The Morgan fingerprint density at radius 1 is 1.20 bits per heavy atom. The van der Waals surface area contributed by atoms with Crippen LogP contribution in [0.25, 0.3) is 0 Å². The second-order valence-corrected chi connectivity index (χ2v) is 4.50. The second kappa shape index (κ2) is 4.29. The maximum atomic E-state index is 12.3. The smallest absolute Gasteiger partial charge is 0.311 e. The number of fused-ring (bicyclic) bond motifs is 1. The molecule has 15 heavy (non-hydrogen) atoms. The van der Waals surface area contributed by atoms with Crippen molar-refractivity contribution in [3.63, 3.8) is 0 Å². The fourth-order valence-corrected chi connectivity index (χ4v) is 2.77. The van der Waals surface area contributed by atoms with Gasteiger partial charge >= 0.3 is 6.18 Å². The number of piperazine rings is 1. The van der Waals surface area contributed by atoms with Gasteiger partial charge in [0.15, 0.2) is 0 Å². The summed E-state index contributed by atoms with van der Waals surface area (Å²) in [5.41, 5.74) is 0. The minimum atomic E-state index is -4.06. The average molecular weight is 222 g/mol. The lowest BCUT2D eigenvalue weighted by Crippen LogP contribution is -2.60. The maximum absolute atomic E-state index is 12.3. The van der Waals surface area contributed by atoms with Gasteiger partial charge in [-0.2, -0.15) is 13.2 Å². The van der Waals surface area contributed by atoms with Crippen LogP contribution in [0.2, 0.25) is 0 Å². The van der Waals surface area contributed by atoms with E-state index in [-0.39, 0.29) is 12.1 Å². The summed E-state index contributed by atoms with van der Waals surface area (Å²) in [6.45, 7) is 0.480. The van der Waals surface area contributed by atoms with E-state index in [1.165, 1.54) is 0 Å². The number of nitrogens with zero attached hydrogens (tertiary/aromatic N) is 1. The summed E-state index contributed by atoms with van der Waals surface area (Å²) in [6.07, 6.45) is 0.0946. The molecule has 0 aromatic rings. The van der Waals surface area contributed by atoms with Crippen molar-refractivity contribution >= 4 is 0 Å². The summed E-state index contributed by atoms with van der Waals surface area (Å²) in [5.74, 6) is 0. The molecule has 0 aromatic heterocycles. The molecular formula is C10H17F3N2. The Balaban J connectivity index is 1.97. The lowest BCUT2D eigenvalue weighted by atomic mass is 9.87. The normalized spacial score (nSPS) is 33.8. The highest BCUT2D eigenvalue weighted by Gasteiger charge is 2.39. The van der Waals surface area contributed by atoms with Crippen LogP contribution in [0.3, 0.4) is 0 Å². The van der Waals surface area contributed by atoms with Crippen LogP contribution in [-0.4, -0.2) is 42.8 Å². The molecule has 88 valence electrons. The topological polar surface area (TPSA) is 15.3 Å². The third-order valence-electron chi connectivity index (χ3n) is 3.39. The molecule has 1 aliphatic carbocycles. The van der Waals surface area contributed by atoms with Crippen LogP contribution in [0.15, 0.2) is 0 Å². The van der Waals surface area contributed by atoms with Crippen LogP contribution in [0.5, 0.6) is 0 Å². The highest BCUT2D eigenvalue weighted by molar-refractivity contribution is 4.92. The molecule has 2 atom stereocenters. The van der Waals surface area contributed by atoms with Gasteiger partial charge in [-0.15, -0.1) is 0 Å². The molecule has 1 aliphatic heterocycles. The molecule has 0 spiro atoms. The number of hydrogen-bond donors (Lipinski definition) is 1. The highest BCUT2D eigenvalue weighted by Crippen LogP contribution is 2.28. The van der Waals surface area contributed by atoms with Gasteiger partial charge in [-0.3, -0.25) is 4.90 Å². The standard InChI is InChI=1S/C10H17F3N2/c11-10(12,13)7-15-6-5-14-8-3-1-2-4-9(8)15/h8-9,14H,1-7H2. The summed E-state index contributed by atoms with van der Waals surface area (Å²) in [7, 11) is 0. The Labute approximate surface area is 87.8 Å². The minimum absolute atomic E-state index is 0.106. The van der Waals surface area contributed by atoms with E-state index in [1.807, 2.05) is 0 Å². The van der Waals surface area contributed by atoms with E-state index < -0.39 is 12.7 Å². The number of alkyl halides is 3. The number of nitrogens with one attached hydrogen (secondary N) is 1. The van der Waals surface area contributed by atoms with E-state index in [1.54, 1.807) is 4.90 Å². The maximum Gasteiger partial charge on any atom is 0.401 e. The molecule has 0 amide bonds. The summed E-state index contributed by atoms with van der Waals surface area (Å²) in [5, 5.41) is 3.33. The van der Waals surface area contributed by atoms with E-state index in [0.29, 0.717) is 13.1 Å². The summed E-state index contributed by atoms with van der Waals surface area (Å²) < 4.78 is 37.0. The Morgan fingerprint density at radius 2 is 1.93 bits per heavy atom. The average Bonchev–Trinajstić information content (AvgIpc) is 2.16.